The van der Waals surface area contributed by atoms with Gasteiger partial charge in [-0.3, -0.25) is 0 Å². The first kappa shape index (κ1) is 38.8. The predicted molar refractivity (Wildman–Crippen MR) is 167 cm³/mol. The summed E-state index contributed by atoms with van der Waals surface area (Å²) in [4.78, 5) is 0. The van der Waals surface area contributed by atoms with Crippen LogP contribution in [0.1, 0.15) is 104 Å². The normalized spacial score (nSPS) is 12.9. The lowest BCUT2D eigenvalue weighted by Gasteiger charge is -2.33. The summed E-state index contributed by atoms with van der Waals surface area (Å²) in [6, 6.07) is 0. The second-order valence-electron chi connectivity index (χ2n) is 14.0. The molecule has 0 unspecified atom stereocenters. The zero-order valence-corrected chi connectivity index (χ0v) is 28.0. The molecular weight excluding hydrogens is 488 g/mol. The van der Waals surface area contributed by atoms with Crippen molar-refractivity contribution in [1.82, 2.24) is 0 Å². The summed E-state index contributed by atoms with van der Waals surface area (Å²) in [5.74, 6) is 0. The highest BCUT2D eigenvalue weighted by molar-refractivity contribution is 4.79. The topological polar surface area (TPSA) is 36.9 Å². The van der Waals surface area contributed by atoms with Gasteiger partial charge in [0.25, 0.3) is 0 Å². The summed E-state index contributed by atoms with van der Waals surface area (Å²) in [6.07, 6.45) is 17.5. The van der Waals surface area contributed by atoms with Gasteiger partial charge in [-0.25, -0.2) is 0 Å². The lowest BCUT2D eigenvalue weighted by Crippen LogP contribution is -2.42. The molecule has 236 valence electrons. The molecule has 39 heavy (non-hydrogen) atoms. The van der Waals surface area contributed by atoms with Crippen LogP contribution in [0.2, 0.25) is 0 Å². The van der Waals surface area contributed by atoms with Crippen LogP contribution in [-0.4, -0.2) is 117 Å². The van der Waals surface area contributed by atoms with E-state index in [-0.39, 0.29) is 5.41 Å². The molecule has 0 aromatic heterocycles. The standard InChI is InChI=1S/C33H72N2O4/c1-9-11-13-15-17-19-25-36-29-33(31-38-27-21-23-34(3,4)5,32-39-28-22-24-35(6,7)8)30-37-26-20-18-16-14-12-10-2/h9-32H2,1-8H3/q+2. The van der Waals surface area contributed by atoms with E-state index in [1.54, 1.807) is 0 Å². The Morgan fingerprint density at radius 3 is 0.974 bits per heavy atom. The van der Waals surface area contributed by atoms with Crippen LogP contribution in [0.5, 0.6) is 0 Å². The number of hydrogen-bond acceptors (Lipinski definition) is 4. The monoisotopic (exact) mass is 561 g/mol. The quantitative estimate of drug-likeness (QED) is 0.0703. The Bertz CT molecular complexity index is 471. The molecule has 0 aliphatic rings. The van der Waals surface area contributed by atoms with Gasteiger partial charge >= 0.3 is 0 Å². The van der Waals surface area contributed by atoms with Crippen LogP contribution in [0.3, 0.4) is 0 Å². The van der Waals surface area contributed by atoms with Gasteiger partial charge in [0.1, 0.15) is 0 Å². The second kappa shape index (κ2) is 24.4. The SMILES string of the molecule is CCCCCCCCOCC(COCCCCCCCC)(COCCC[N+](C)(C)C)COCCC[N+](C)(C)C. The molecular formula is C33H72N2O4+2. The van der Waals surface area contributed by atoms with Crippen LogP contribution in [0.15, 0.2) is 0 Å². The number of quaternary nitrogens is 2. The van der Waals surface area contributed by atoms with E-state index in [1.807, 2.05) is 0 Å². The van der Waals surface area contributed by atoms with Crippen molar-refractivity contribution in [3.05, 3.63) is 0 Å². The van der Waals surface area contributed by atoms with Gasteiger partial charge in [0.2, 0.25) is 0 Å². The molecule has 0 N–H and O–H groups in total. The summed E-state index contributed by atoms with van der Waals surface area (Å²) < 4.78 is 27.1. The van der Waals surface area contributed by atoms with Crippen molar-refractivity contribution in [2.24, 2.45) is 5.41 Å². The zero-order valence-electron chi connectivity index (χ0n) is 28.0. The van der Waals surface area contributed by atoms with Gasteiger partial charge in [-0.2, -0.15) is 0 Å². The first-order valence-corrected chi connectivity index (χ1v) is 16.5. The average molecular weight is 561 g/mol. The Morgan fingerprint density at radius 1 is 0.385 bits per heavy atom. The lowest BCUT2D eigenvalue weighted by molar-refractivity contribution is -0.870. The first-order valence-electron chi connectivity index (χ1n) is 16.5. The van der Waals surface area contributed by atoms with Crippen LogP contribution in [0.4, 0.5) is 0 Å². The van der Waals surface area contributed by atoms with Crippen molar-refractivity contribution >= 4 is 0 Å². The molecule has 6 nitrogen and oxygen atoms in total. The summed E-state index contributed by atoms with van der Waals surface area (Å²) in [7, 11) is 13.4. The van der Waals surface area contributed by atoms with Gasteiger partial charge in [0.15, 0.2) is 0 Å². The number of hydrogen-bond donors (Lipinski definition) is 0. The maximum absolute atomic E-state index is 6.30. The first-order chi connectivity index (χ1) is 18.5. The minimum atomic E-state index is -0.252. The van der Waals surface area contributed by atoms with Crippen LogP contribution in [0, 0.1) is 5.41 Å². The third-order valence-electron chi connectivity index (χ3n) is 7.15. The molecule has 0 atom stereocenters. The zero-order chi connectivity index (χ0) is 29.3. The van der Waals surface area contributed by atoms with Gasteiger partial charge in [-0.15, -0.1) is 0 Å². The van der Waals surface area contributed by atoms with Crippen molar-refractivity contribution in [1.29, 1.82) is 0 Å². The minimum absolute atomic E-state index is 0.252. The molecule has 0 aliphatic carbocycles. The van der Waals surface area contributed by atoms with Crippen LogP contribution < -0.4 is 0 Å². The molecule has 0 amide bonds. The Kier molecular flexibility index (Phi) is 24.2. The van der Waals surface area contributed by atoms with Crippen LogP contribution in [-0.2, 0) is 18.9 Å². The third-order valence-corrected chi connectivity index (χ3v) is 7.15. The number of ether oxygens (including phenoxy) is 4. The molecule has 0 aromatic rings. The van der Waals surface area contributed by atoms with E-state index < -0.39 is 0 Å². The highest BCUT2D eigenvalue weighted by Gasteiger charge is 2.32. The maximum atomic E-state index is 6.30. The average Bonchev–Trinajstić information content (AvgIpc) is 2.85. The van der Waals surface area contributed by atoms with E-state index in [9.17, 15) is 0 Å². The molecule has 0 radical (unpaired) electrons. The van der Waals surface area contributed by atoms with Crippen LogP contribution in [0.25, 0.3) is 0 Å². The molecule has 6 heteroatoms. The number of nitrogens with zero attached hydrogens (tertiary/aromatic N) is 2. The van der Waals surface area contributed by atoms with Crippen molar-refractivity contribution in [2.45, 2.75) is 104 Å². The molecule has 0 fully saturated rings. The Labute approximate surface area is 245 Å². The molecule has 0 aliphatic heterocycles. The van der Waals surface area contributed by atoms with E-state index >= 15 is 0 Å². The summed E-state index contributed by atoms with van der Waals surface area (Å²) in [6.45, 7) is 12.5. The number of rotatable bonds is 30. The highest BCUT2D eigenvalue weighted by atomic mass is 16.5. The number of unbranched alkanes of at least 4 members (excludes halogenated alkanes) is 10. The smallest absolute Gasteiger partial charge is 0.0802 e. The largest absolute Gasteiger partial charge is 0.381 e. The minimum Gasteiger partial charge on any atom is -0.381 e. The van der Waals surface area contributed by atoms with Gasteiger partial charge in [-0.05, 0) is 12.8 Å². The van der Waals surface area contributed by atoms with E-state index in [4.69, 9.17) is 18.9 Å². The molecule has 0 bridgehead atoms. The summed E-state index contributed by atoms with van der Waals surface area (Å²) in [5, 5.41) is 0. The van der Waals surface area contributed by atoms with Crippen molar-refractivity contribution in [3.8, 4) is 0 Å². The second-order valence-corrected chi connectivity index (χ2v) is 14.0. The Hall–Kier alpha value is -0.240. The Balaban J connectivity index is 4.94. The van der Waals surface area contributed by atoms with Gasteiger partial charge in [0, 0.05) is 26.1 Å². The van der Waals surface area contributed by atoms with Crippen molar-refractivity contribution in [3.63, 3.8) is 0 Å². The van der Waals surface area contributed by atoms with E-state index in [1.165, 1.54) is 64.2 Å². The molecule has 0 saturated carbocycles. The molecule has 0 spiro atoms. The predicted octanol–water partition coefficient (Wildman–Crippen LogP) is 6.95. The molecule has 0 heterocycles. The highest BCUT2D eigenvalue weighted by Crippen LogP contribution is 2.22. The maximum Gasteiger partial charge on any atom is 0.0802 e. The van der Waals surface area contributed by atoms with E-state index in [0.29, 0.717) is 26.4 Å². The molecule has 0 saturated heterocycles. The van der Waals surface area contributed by atoms with Crippen molar-refractivity contribution < 1.29 is 27.9 Å². The molecule has 0 aromatic carbocycles. The van der Waals surface area contributed by atoms with Gasteiger partial charge < -0.3 is 27.9 Å². The Morgan fingerprint density at radius 2 is 0.667 bits per heavy atom. The molecule has 0 rings (SSSR count). The van der Waals surface area contributed by atoms with Crippen molar-refractivity contribution in [2.75, 3.05) is 108 Å². The van der Waals surface area contributed by atoms with Gasteiger partial charge in [0.05, 0.1) is 100 Å². The van der Waals surface area contributed by atoms with Crippen LogP contribution >= 0.6 is 0 Å². The van der Waals surface area contributed by atoms with Gasteiger partial charge in [-0.1, -0.05) is 78.1 Å². The third kappa shape index (κ3) is 27.7. The fourth-order valence-electron chi connectivity index (χ4n) is 4.66. The van der Waals surface area contributed by atoms with E-state index in [2.05, 4.69) is 56.1 Å². The lowest BCUT2D eigenvalue weighted by atomic mass is 9.92. The fourth-order valence-corrected chi connectivity index (χ4v) is 4.66. The summed E-state index contributed by atoms with van der Waals surface area (Å²) >= 11 is 0. The summed E-state index contributed by atoms with van der Waals surface area (Å²) in [5.41, 5.74) is -0.252. The van der Waals surface area contributed by atoms with E-state index in [0.717, 1.165) is 74.2 Å². The fraction of sp³-hybridized carbons (Fsp3) is 1.00.